The van der Waals surface area contributed by atoms with Gasteiger partial charge in [-0.1, -0.05) is 0 Å². The van der Waals surface area contributed by atoms with E-state index in [1.165, 1.54) is 22.5 Å². The van der Waals surface area contributed by atoms with E-state index < -0.39 is 29.7 Å². The smallest absolute Gasteiger partial charge is 0.348 e. The molecule has 0 aliphatic carbocycles. The van der Waals surface area contributed by atoms with E-state index in [9.17, 15) is 19.2 Å². The molecule has 0 unspecified atom stereocenters. The van der Waals surface area contributed by atoms with E-state index in [2.05, 4.69) is 10.3 Å². The number of ether oxygens (including phenoxy) is 1. The average molecular weight is 405 g/mol. The number of carbonyl (C=O) groups is 2. The maximum absolute atomic E-state index is 12.6. The van der Waals surface area contributed by atoms with Crippen LogP contribution in [0.4, 0.5) is 5.00 Å². The van der Waals surface area contributed by atoms with E-state index in [4.69, 9.17) is 4.74 Å². The molecule has 0 bridgehead atoms. The van der Waals surface area contributed by atoms with Gasteiger partial charge < -0.3 is 14.6 Å². The monoisotopic (exact) mass is 405 g/mol. The minimum absolute atomic E-state index is 0.228. The summed E-state index contributed by atoms with van der Waals surface area (Å²) in [5, 5.41) is 3.05. The van der Waals surface area contributed by atoms with Gasteiger partial charge in [0.2, 0.25) is 5.91 Å². The number of carbonyl (C=O) groups excluding carboxylic acids is 2. The number of hydrogen-bond acceptors (Lipinski definition) is 7. The summed E-state index contributed by atoms with van der Waals surface area (Å²) in [4.78, 5) is 53.8. The Morgan fingerprint density at radius 1 is 1.29 bits per heavy atom. The van der Waals surface area contributed by atoms with Crippen LogP contribution in [0.15, 0.2) is 22.0 Å². The Morgan fingerprint density at radius 3 is 2.68 bits per heavy atom. The highest BCUT2D eigenvalue weighted by Gasteiger charge is 2.19. The van der Waals surface area contributed by atoms with Crippen molar-refractivity contribution < 1.29 is 14.3 Å². The van der Waals surface area contributed by atoms with Gasteiger partial charge in [-0.3, -0.25) is 14.2 Å². The van der Waals surface area contributed by atoms with Crippen LogP contribution in [-0.2, 0) is 30.2 Å². The lowest BCUT2D eigenvalue weighted by atomic mass is 10.3. The average Bonchev–Trinajstić information content (AvgIpc) is 3.20. The van der Waals surface area contributed by atoms with Crippen LogP contribution in [0.3, 0.4) is 0 Å². The Labute approximate surface area is 163 Å². The summed E-state index contributed by atoms with van der Waals surface area (Å²) in [6.07, 6.45) is 1.43. The molecular weight excluding hydrogens is 386 g/mol. The van der Waals surface area contributed by atoms with E-state index in [0.29, 0.717) is 15.4 Å². The lowest BCUT2D eigenvalue weighted by Crippen LogP contribution is -2.42. The Morgan fingerprint density at radius 2 is 2.00 bits per heavy atom. The lowest BCUT2D eigenvalue weighted by molar-refractivity contribution is -0.116. The minimum Gasteiger partial charge on any atom is -0.462 e. The van der Waals surface area contributed by atoms with Crippen LogP contribution in [0.25, 0.3) is 11.2 Å². The topological polar surface area (TPSA) is 117 Å². The van der Waals surface area contributed by atoms with Crippen LogP contribution in [-0.4, -0.2) is 37.2 Å². The maximum atomic E-state index is 12.6. The highest BCUT2D eigenvalue weighted by Crippen LogP contribution is 2.27. The number of amides is 1. The zero-order valence-electron chi connectivity index (χ0n) is 15.8. The zero-order valence-corrected chi connectivity index (χ0v) is 16.6. The van der Waals surface area contributed by atoms with Crippen LogP contribution in [0.1, 0.15) is 22.2 Å². The van der Waals surface area contributed by atoms with Gasteiger partial charge in [0, 0.05) is 14.1 Å². The molecule has 3 rings (SSSR count). The van der Waals surface area contributed by atoms with E-state index in [1.807, 2.05) is 0 Å². The molecule has 1 N–H and O–H groups in total. The molecule has 0 aromatic carbocycles. The second kappa shape index (κ2) is 7.43. The van der Waals surface area contributed by atoms with Crippen LogP contribution < -0.4 is 16.6 Å². The second-order valence-corrected chi connectivity index (χ2v) is 7.20. The van der Waals surface area contributed by atoms with Crippen LogP contribution in [0.2, 0.25) is 0 Å². The number of nitrogens with zero attached hydrogens (tertiary/aromatic N) is 4. The highest BCUT2D eigenvalue weighted by atomic mass is 32.1. The third-order valence-corrected chi connectivity index (χ3v) is 5.28. The first-order valence-electron chi connectivity index (χ1n) is 8.42. The third-order valence-electron chi connectivity index (χ3n) is 4.14. The number of hydrogen-bond donors (Lipinski definition) is 1. The molecule has 0 saturated heterocycles. The minimum atomic E-state index is -0.638. The molecule has 11 heteroatoms. The van der Waals surface area contributed by atoms with E-state index in [0.717, 1.165) is 15.9 Å². The normalized spacial score (nSPS) is 11.0. The molecule has 0 fully saturated rings. The van der Waals surface area contributed by atoms with Crippen LogP contribution in [0.5, 0.6) is 0 Å². The molecule has 148 valence electrons. The summed E-state index contributed by atoms with van der Waals surface area (Å²) in [5.41, 5.74) is -0.0829. The molecule has 0 aliphatic heterocycles. The fraction of sp³-hybridized carbons (Fsp3) is 0.353. The summed E-state index contributed by atoms with van der Waals surface area (Å²) in [7, 11) is 3.12. The Balaban J connectivity index is 1.88. The van der Waals surface area contributed by atoms with Crippen molar-refractivity contribution in [2.24, 2.45) is 14.1 Å². The number of fused-ring (bicyclic) bond motifs is 1. The standard InChI is InChI=1S/C17H19N5O5S/c1-5-27-16(25)13-9(2)6-11(28-13)19-10(23)7-22-15(24)12-14(18-8-20(12)3)21(4)17(22)26/h6,8H,5,7H2,1-4H3,(H,19,23). The van der Waals surface area contributed by atoms with Crippen molar-refractivity contribution in [1.29, 1.82) is 0 Å². The van der Waals surface area contributed by atoms with Gasteiger partial charge >= 0.3 is 11.7 Å². The molecule has 0 aliphatic rings. The fourth-order valence-corrected chi connectivity index (χ4v) is 3.78. The molecule has 3 aromatic rings. The molecular formula is C17H19N5O5S. The largest absolute Gasteiger partial charge is 0.462 e. The number of nitrogens with one attached hydrogen (secondary N) is 1. The van der Waals surface area contributed by atoms with Crippen molar-refractivity contribution in [3.8, 4) is 0 Å². The predicted molar refractivity (Wildman–Crippen MR) is 104 cm³/mol. The molecule has 3 heterocycles. The third kappa shape index (κ3) is 3.36. The van der Waals surface area contributed by atoms with Crippen molar-refractivity contribution in [3.63, 3.8) is 0 Å². The van der Waals surface area contributed by atoms with Gasteiger partial charge in [0.15, 0.2) is 11.2 Å². The maximum Gasteiger partial charge on any atom is 0.348 e. The number of rotatable bonds is 5. The molecule has 0 spiro atoms. The second-order valence-electron chi connectivity index (χ2n) is 6.15. The quantitative estimate of drug-likeness (QED) is 0.622. The van der Waals surface area contributed by atoms with Crippen LogP contribution >= 0.6 is 11.3 Å². The predicted octanol–water partition coefficient (Wildman–Crippen LogP) is 0.619. The molecule has 0 radical (unpaired) electrons. The van der Waals surface area contributed by atoms with Gasteiger partial charge in [-0.15, -0.1) is 11.3 Å². The molecule has 0 saturated carbocycles. The first-order chi connectivity index (χ1) is 13.2. The SMILES string of the molecule is CCOC(=O)c1sc(NC(=O)Cn2c(=O)c3c(ncn3C)n(C)c2=O)cc1C. The zero-order chi connectivity index (χ0) is 20.6. The van der Waals surface area contributed by atoms with E-state index >= 15 is 0 Å². The number of aryl methyl sites for hydroxylation is 3. The van der Waals surface area contributed by atoms with Crippen molar-refractivity contribution in [3.05, 3.63) is 43.7 Å². The summed E-state index contributed by atoms with van der Waals surface area (Å²) in [6, 6.07) is 1.64. The summed E-state index contributed by atoms with van der Waals surface area (Å²) >= 11 is 1.07. The van der Waals surface area contributed by atoms with Crippen molar-refractivity contribution in [2.45, 2.75) is 20.4 Å². The van der Waals surface area contributed by atoms with Gasteiger partial charge in [0.25, 0.3) is 5.56 Å². The summed E-state index contributed by atoms with van der Waals surface area (Å²) in [5.74, 6) is -1.02. The number of thiophene rings is 1. The number of anilines is 1. The van der Waals surface area contributed by atoms with E-state index in [-0.39, 0.29) is 17.8 Å². The number of aromatic nitrogens is 4. The van der Waals surface area contributed by atoms with Gasteiger partial charge in [-0.25, -0.2) is 19.1 Å². The van der Waals surface area contributed by atoms with E-state index in [1.54, 1.807) is 27.0 Å². The molecule has 28 heavy (non-hydrogen) atoms. The van der Waals surface area contributed by atoms with Crippen molar-refractivity contribution in [2.75, 3.05) is 11.9 Å². The molecule has 1 amide bonds. The Kier molecular flexibility index (Phi) is 5.18. The Bertz CT molecular complexity index is 1200. The van der Waals surface area contributed by atoms with Crippen molar-refractivity contribution in [1.82, 2.24) is 18.7 Å². The Hall–Kier alpha value is -3.21. The lowest BCUT2D eigenvalue weighted by Gasteiger charge is -2.08. The van der Waals surface area contributed by atoms with Gasteiger partial charge in [0.1, 0.15) is 11.4 Å². The van der Waals surface area contributed by atoms with Gasteiger partial charge in [-0.05, 0) is 25.5 Å². The molecule has 0 atom stereocenters. The van der Waals surface area contributed by atoms with Crippen molar-refractivity contribution >= 4 is 39.4 Å². The number of esters is 1. The number of imidazole rings is 1. The molecule has 3 aromatic heterocycles. The molecule has 10 nitrogen and oxygen atoms in total. The van der Waals surface area contributed by atoms with Crippen LogP contribution in [0, 0.1) is 6.92 Å². The van der Waals surface area contributed by atoms with Gasteiger partial charge in [-0.2, -0.15) is 0 Å². The first-order valence-corrected chi connectivity index (χ1v) is 9.24. The highest BCUT2D eigenvalue weighted by molar-refractivity contribution is 7.18. The van der Waals surface area contributed by atoms with Gasteiger partial charge in [0.05, 0.1) is 17.9 Å². The summed E-state index contributed by atoms with van der Waals surface area (Å²) < 4.78 is 8.55. The summed E-state index contributed by atoms with van der Waals surface area (Å²) in [6.45, 7) is 3.23. The first kappa shape index (κ1) is 19.5. The fourth-order valence-electron chi connectivity index (χ4n) is 2.80.